The third-order valence-corrected chi connectivity index (χ3v) is 7.01. The minimum absolute atomic E-state index is 0.0307. The van der Waals surface area contributed by atoms with Crippen molar-refractivity contribution < 1.29 is 28.6 Å². The Kier molecular flexibility index (Phi) is 9.81. The van der Waals surface area contributed by atoms with Gasteiger partial charge in [-0.1, -0.05) is 48.5 Å². The number of carbonyl (C=O) groups is 3. The van der Waals surface area contributed by atoms with Crippen molar-refractivity contribution in [3.63, 3.8) is 0 Å². The number of hydrogen-bond donors (Lipinski definition) is 3. The molecule has 10 heteroatoms. The maximum Gasteiger partial charge on any atom is 0.347 e. The van der Waals surface area contributed by atoms with Crippen LogP contribution in [0, 0.1) is 0 Å². The van der Waals surface area contributed by atoms with Crippen LogP contribution in [-0.4, -0.2) is 47.8 Å². The Hall–Kier alpha value is -3.86. The van der Waals surface area contributed by atoms with E-state index < -0.39 is 23.5 Å². The number of carbonyl (C=O) groups excluding carboxylic acids is 3. The fourth-order valence-electron chi connectivity index (χ4n) is 4.58. The third-order valence-electron chi connectivity index (χ3n) is 6.81. The van der Waals surface area contributed by atoms with Gasteiger partial charge in [-0.15, -0.1) is 0 Å². The zero-order chi connectivity index (χ0) is 28.5. The minimum Gasteiger partial charge on any atom is -0.497 e. The highest BCUT2D eigenvalue weighted by Crippen LogP contribution is 2.34. The number of methoxy groups -OCH3 is 1. The van der Waals surface area contributed by atoms with Crippen LogP contribution in [0.2, 0.25) is 0 Å². The molecule has 210 valence electrons. The number of nitrogens with one attached hydrogen (secondary N) is 1. The quantitative estimate of drug-likeness (QED) is 0.174. The molecule has 3 N–H and O–H groups in total. The van der Waals surface area contributed by atoms with Gasteiger partial charge < -0.3 is 19.9 Å². The van der Waals surface area contributed by atoms with Gasteiger partial charge in [-0.2, -0.15) is 12.6 Å². The molecule has 1 amide bonds. The summed E-state index contributed by atoms with van der Waals surface area (Å²) >= 11 is 4.42. The lowest BCUT2D eigenvalue weighted by molar-refractivity contribution is -0.151. The molecule has 0 aromatic heterocycles. The number of hydrogen-bond acceptors (Lipinski definition) is 9. The van der Waals surface area contributed by atoms with E-state index in [1.165, 1.54) is 0 Å². The highest BCUT2D eigenvalue weighted by atomic mass is 32.1. The molecule has 0 fully saturated rings. The molecule has 3 aromatic carbocycles. The van der Waals surface area contributed by atoms with Crippen molar-refractivity contribution in [1.29, 1.82) is 0 Å². The molecular formula is C30H33N3O6S. The fourth-order valence-corrected chi connectivity index (χ4v) is 4.82. The van der Waals surface area contributed by atoms with Gasteiger partial charge in [0, 0.05) is 43.4 Å². The number of benzene rings is 3. The van der Waals surface area contributed by atoms with Gasteiger partial charge in [-0.25, -0.2) is 9.59 Å². The summed E-state index contributed by atoms with van der Waals surface area (Å²) in [5, 5.41) is 3.35. The average molecular weight is 564 g/mol. The number of thiol groups is 1. The third kappa shape index (κ3) is 7.01. The van der Waals surface area contributed by atoms with E-state index in [-0.39, 0.29) is 26.0 Å². The van der Waals surface area contributed by atoms with E-state index in [4.69, 9.17) is 19.9 Å². The molecule has 1 aliphatic heterocycles. The van der Waals surface area contributed by atoms with Gasteiger partial charge in [0.1, 0.15) is 18.1 Å². The molecule has 0 radical (unpaired) electrons. The number of ether oxygens (including phenoxy) is 3. The van der Waals surface area contributed by atoms with Crippen molar-refractivity contribution in [2.75, 3.05) is 19.4 Å². The first-order valence-electron chi connectivity index (χ1n) is 12.9. The summed E-state index contributed by atoms with van der Waals surface area (Å²) in [5.74, 6) is -0.0765. The molecule has 40 heavy (non-hydrogen) atoms. The number of primary amides is 1. The highest BCUT2D eigenvalue weighted by Gasteiger charge is 2.47. The zero-order valence-corrected chi connectivity index (χ0v) is 23.2. The van der Waals surface area contributed by atoms with Crippen LogP contribution < -0.4 is 20.5 Å². The Bertz CT molecular complexity index is 1340. The maximum absolute atomic E-state index is 13.7. The Labute approximate surface area is 239 Å². The van der Waals surface area contributed by atoms with E-state index >= 15 is 0 Å². The van der Waals surface area contributed by atoms with Crippen molar-refractivity contribution in [2.45, 2.75) is 38.2 Å². The smallest absolute Gasteiger partial charge is 0.347 e. The van der Waals surface area contributed by atoms with Gasteiger partial charge in [0.2, 0.25) is 5.91 Å². The second-order valence-corrected chi connectivity index (χ2v) is 9.89. The normalized spacial score (nSPS) is 16.9. The molecule has 3 aromatic rings. The molecule has 1 heterocycles. The molecular weight excluding hydrogens is 530 g/mol. The number of rotatable bonds is 12. The Morgan fingerprint density at radius 2 is 1.82 bits per heavy atom. The summed E-state index contributed by atoms with van der Waals surface area (Å²) < 4.78 is 16.6. The number of amides is 1. The standard InChI is InChI=1S/C30H33N3O6S/c1-37-25-12-11-24-19-33(15-16-40)30(14-13-27(31)34,29(36)39-26(24)17-25)32-18-21-7-9-23(10-8-21)28(35)38-20-22-5-3-2-4-6-22/h2-12,17,32,40H,13-16,18-20H2,1H3,(H2,31,34)/t30-/m1/s1. The summed E-state index contributed by atoms with van der Waals surface area (Å²) in [7, 11) is 1.54. The summed E-state index contributed by atoms with van der Waals surface area (Å²) in [5.41, 5.74) is 7.09. The van der Waals surface area contributed by atoms with Gasteiger partial charge in [0.15, 0.2) is 5.66 Å². The van der Waals surface area contributed by atoms with Crippen LogP contribution in [0.25, 0.3) is 0 Å². The van der Waals surface area contributed by atoms with Crippen LogP contribution in [0.5, 0.6) is 11.5 Å². The molecule has 0 aliphatic carbocycles. The van der Waals surface area contributed by atoms with Gasteiger partial charge in [-0.3, -0.25) is 15.0 Å². The van der Waals surface area contributed by atoms with Crippen molar-refractivity contribution in [1.82, 2.24) is 10.2 Å². The summed E-state index contributed by atoms with van der Waals surface area (Å²) in [6.07, 6.45) is 0.0704. The van der Waals surface area contributed by atoms with E-state index in [0.29, 0.717) is 35.9 Å². The Morgan fingerprint density at radius 3 is 2.50 bits per heavy atom. The lowest BCUT2D eigenvalue weighted by Crippen LogP contribution is -2.64. The summed E-state index contributed by atoms with van der Waals surface area (Å²) in [6, 6.07) is 21.7. The number of nitrogens with two attached hydrogens (primary N) is 1. The molecule has 0 spiro atoms. The molecule has 1 atom stereocenters. The van der Waals surface area contributed by atoms with Crippen LogP contribution in [0.1, 0.15) is 39.9 Å². The van der Waals surface area contributed by atoms with Crippen LogP contribution in [-0.2, 0) is 34.0 Å². The number of fused-ring (bicyclic) bond motifs is 1. The van der Waals surface area contributed by atoms with Gasteiger partial charge in [0.25, 0.3) is 0 Å². The molecule has 1 aliphatic rings. The predicted octanol–water partition coefficient (Wildman–Crippen LogP) is 3.45. The Morgan fingerprint density at radius 1 is 1.07 bits per heavy atom. The monoisotopic (exact) mass is 563 g/mol. The van der Waals surface area contributed by atoms with E-state index in [1.54, 1.807) is 37.4 Å². The van der Waals surface area contributed by atoms with Crippen molar-refractivity contribution in [2.24, 2.45) is 5.73 Å². The topological polar surface area (TPSA) is 120 Å². The van der Waals surface area contributed by atoms with Gasteiger partial charge in [-0.05, 0) is 35.7 Å². The van der Waals surface area contributed by atoms with Gasteiger partial charge >= 0.3 is 11.9 Å². The number of nitrogens with zero attached hydrogens (tertiary/aromatic N) is 1. The van der Waals surface area contributed by atoms with Crippen molar-refractivity contribution >= 4 is 30.5 Å². The first-order chi connectivity index (χ1) is 19.3. The SMILES string of the molecule is COc1ccc2c(c1)OC(=O)[C@](CCC(N)=O)(NCc1ccc(C(=O)OCc3ccccc3)cc1)N(CCS)C2. The lowest BCUT2D eigenvalue weighted by atomic mass is 9.99. The predicted molar refractivity (Wildman–Crippen MR) is 153 cm³/mol. The highest BCUT2D eigenvalue weighted by molar-refractivity contribution is 7.80. The second-order valence-electron chi connectivity index (χ2n) is 9.45. The minimum atomic E-state index is -1.35. The summed E-state index contributed by atoms with van der Waals surface area (Å²) in [4.78, 5) is 40.0. The fraction of sp³-hybridized carbons (Fsp3) is 0.300. The summed E-state index contributed by atoms with van der Waals surface area (Å²) in [6.45, 7) is 1.27. The van der Waals surface area contributed by atoms with Crippen LogP contribution in [0.4, 0.5) is 0 Å². The maximum atomic E-state index is 13.7. The van der Waals surface area contributed by atoms with E-state index in [1.807, 2.05) is 47.4 Å². The Balaban J connectivity index is 1.53. The molecule has 0 bridgehead atoms. The van der Waals surface area contributed by atoms with Gasteiger partial charge in [0.05, 0.1) is 12.7 Å². The van der Waals surface area contributed by atoms with Crippen molar-refractivity contribution in [3.05, 3.63) is 95.1 Å². The van der Waals surface area contributed by atoms with E-state index in [9.17, 15) is 14.4 Å². The molecule has 0 saturated carbocycles. The van der Waals surface area contributed by atoms with Crippen LogP contribution in [0.3, 0.4) is 0 Å². The largest absolute Gasteiger partial charge is 0.497 e. The molecule has 0 saturated heterocycles. The molecule has 4 rings (SSSR count). The number of esters is 2. The first kappa shape index (κ1) is 29.1. The zero-order valence-electron chi connectivity index (χ0n) is 22.3. The van der Waals surface area contributed by atoms with Crippen LogP contribution >= 0.6 is 12.6 Å². The molecule has 0 unspecified atom stereocenters. The molecule has 9 nitrogen and oxygen atoms in total. The van der Waals surface area contributed by atoms with Crippen LogP contribution in [0.15, 0.2) is 72.8 Å². The lowest BCUT2D eigenvalue weighted by Gasteiger charge is -2.40. The van der Waals surface area contributed by atoms with E-state index in [2.05, 4.69) is 17.9 Å². The second kappa shape index (κ2) is 13.5. The first-order valence-corrected chi connectivity index (χ1v) is 13.6. The van der Waals surface area contributed by atoms with Crippen molar-refractivity contribution in [3.8, 4) is 11.5 Å². The average Bonchev–Trinajstić information content (AvgIpc) is 3.08. The van der Waals surface area contributed by atoms with E-state index in [0.717, 1.165) is 16.7 Å².